The second-order valence-corrected chi connectivity index (χ2v) is 4.89. The number of rotatable bonds is 5. The molecule has 1 aliphatic rings. The maximum atomic E-state index is 9.29. The van der Waals surface area contributed by atoms with Crippen LogP contribution >= 0.6 is 0 Å². The van der Waals surface area contributed by atoms with Crippen LogP contribution in [0.25, 0.3) is 0 Å². The number of hydrogen-bond acceptors (Lipinski definition) is 6. The van der Waals surface area contributed by atoms with E-state index in [1.165, 1.54) is 0 Å². The Hall–Kier alpha value is -1.43. The Balaban J connectivity index is 2.13. The van der Waals surface area contributed by atoms with Crippen molar-refractivity contribution in [1.29, 1.82) is 0 Å². The van der Waals surface area contributed by atoms with Gasteiger partial charge in [-0.2, -0.15) is 4.98 Å². The van der Waals surface area contributed by atoms with Crippen molar-refractivity contribution in [3.05, 3.63) is 6.33 Å². The molecule has 0 radical (unpaired) electrons. The summed E-state index contributed by atoms with van der Waals surface area (Å²) in [4.78, 5) is 17.3. The average Bonchev–Trinajstić information content (AvgIpc) is 2.49. The summed E-state index contributed by atoms with van der Waals surface area (Å²) in [5.74, 6) is 1.80. The minimum atomic E-state index is 0.241. The highest BCUT2D eigenvalue weighted by Crippen LogP contribution is 2.20. The third kappa shape index (κ3) is 3.32. The van der Waals surface area contributed by atoms with Crippen LogP contribution in [0.5, 0.6) is 0 Å². The number of aliphatic hydroxyl groups is 1. The molecule has 106 valence electrons. The summed E-state index contributed by atoms with van der Waals surface area (Å²) < 4.78 is 0. The Kier molecular flexibility index (Phi) is 4.90. The summed E-state index contributed by atoms with van der Waals surface area (Å²) in [7, 11) is 0. The fraction of sp³-hybridized carbons (Fsp3) is 0.769. The fourth-order valence-electron chi connectivity index (χ4n) is 2.49. The van der Waals surface area contributed by atoms with Gasteiger partial charge in [0, 0.05) is 32.8 Å². The molecule has 19 heavy (non-hydrogen) atoms. The van der Waals surface area contributed by atoms with Crippen LogP contribution < -0.4 is 9.80 Å². The molecule has 0 amide bonds. The summed E-state index contributed by atoms with van der Waals surface area (Å²) in [6, 6.07) is 0. The highest BCUT2D eigenvalue weighted by Gasteiger charge is 2.21. The minimum absolute atomic E-state index is 0.241. The molecule has 0 aromatic carbocycles. The molecule has 1 N–H and O–H groups in total. The van der Waals surface area contributed by atoms with E-state index in [0.29, 0.717) is 5.92 Å². The van der Waals surface area contributed by atoms with Gasteiger partial charge >= 0.3 is 0 Å². The van der Waals surface area contributed by atoms with E-state index >= 15 is 0 Å². The number of hydrogen-bond donors (Lipinski definition) is 1. The molecule has 1 atom stereocenters. The van der Waals surface area contributed by atoms with Crippen molar-refractivity contribution in [2.75, 3.05) is 42.6 Å². The summed E-state index contributed by atoms with van der Waals surface area (Å²) in [6.07, 6.45) is 3.75. The SMILES string of the molecule is CCN(CC)c1ncnc(N2CCCC(CO)C2)n1. The van der Waals surface area contributed by atoms with E-state index < -0.39 is 0 Å². The van der Waals surface area contributed by atoms with Crippen LogP contribution in [-0.2, 0) is 0 Å². The third-order valence-electron chi connectivity index (χ3n) is 3.65. The molecule has 2 rings (SSSR count). The number of aliphatic hydroxyl groups excluding tert-OH is 1. The molecule has 6 nitrogen and oxygen atoms in total. The molecule has 1 aromatic rings. The quantitative estimate of drug-likeness (QED) is 0.854. The lowest BCUT2D eigenvalue weighted by Crippen LogP contribution is -2.38. The first-order valence-corrected chi connectivity index (χ1v) is 7.08. The summed E-state index contributed by atoms with van der Waals surface area (Å²) in [6.45, 7) is 7.99. The lowest BCUT2D eigenvalue weighted by atomic mass is 9.99. The smallest absolute Gasteiger partial charge is 0.230 e. The second kappa shape index (κ2) is 6.65. The molecule has 0 saturated carbocycles. The zero-order chi connectivity index (χ0) is 13.7. The number of piperidine rings is 1. The van der Waals surface area contributed by atoms with Crippen molar-refractivity contribution in [3.8, 4) is 0 Å². The Bertz CT molecular complexity index is 396. The predicted molar refractivity (Wildman–Crippen MR) is 75.4 cm³/mol. The molecule has 1 aliphatic heterocycles. The van der Waals surface area contributed by atoms with Crippen LogP contribution in [0.15, 0.2) is 6.33 Å². The van der Waals surface area contributed by atoms with Crippen LogP contribution in [0.3, 0.4) is 0 Å². The standard InChI is InChI=1S/C13H23N5O/c1-3-17(4-2)12-14-10-15-13(16-12)18-7-5-6-11(8-18)9-19/h10-11,19H,3-9H2,1-2H3. The van der Waals surface area contributed by atoms with E-state index in [1.54, 1.807) is 6.33 Å². The van der Waals surface area contributed by atoms with Crippen molar-refractivity contribution in [2.45, 2.75) is 26.7 Å². The molecule has 0 bridgehead atoms. The largest absolute Gasteiger partial charge is 0.396 e. The molecule has 6 heteroatoms. The molecule has 2 heterocycles. The highest BCUT2D eigenvalue weighted by molar-refractivity contribution is 5.38. The van der Waals surface area contributed by atoms with Crippen molar-refractivity contribution in [3.63, 3.8) is 0 Å². The molecule has 0 spiro atoms. The first-order valence-electron chi connectivity index (χ1n) is 7.08. The maximum Gasteiger partial charge on any atom is 0.230 e. The van der Waals surface area contributed by atoms with Gasteiger partial charge in [-0.05, 0) is 32.6 Å². The van der Waals surface area contributed by atoms with Gasteiger partial charge in [0.15, 0.2) is 0 Å². The van der Waals surface area contributed by atoms with E-state index in [1.807, 2.05) is 0 Å². The first-order chi connectivity index (χ1) is 9.28. The van der Waals surface area contributed by atoms with E-state index in [4.69, 9.17) is 0 Å². The monoisotopic (exact) mass is 265 g/mol. The van der Waals surface area contributed by atoms with Crippen LogP contribution in [0.2, 0.25) is 0 Å². The number of anilines is 2. The number of aromatic nitrogens is 3. The van der Waals surface area contributed by atoms with Gasteiger partial charge in [-0.15, -0.1) is 0 Å². The van der Waals surface area contributed by atoms with Gasteiger partial charge in [0.25, 0.3) is 0 Å². The Labute approximate surface area is 114 Å². The topological polar surface area (TPSA) is 65.4 Å². The molecule has 1 aromatic heterocycles. The Morgan fingerprint density at radius 1 is 1.37 bits per heavy atom. The van der Waals surface area contributed by atoms with Crippen molar-refractivity contribution in [2.24, 2.45) is 5.92 Å². The van der Waals surface area contributed by atoms with Crippen LogP contribution in [0.4, 0.5) is 11.9 Å². The Morgan fingerprint density at radius 2 is 2.16 bits per heavy atom. The highest BCUT2D eigenvalue weighted by atomic mass is 16.3. The lowest BCUT2D eigenvalue weighted by Gasteiger charge is -2.32. The summed E-state index contributed by atoms with van der Waals surface area (Å²) in [5, 5.41) is 9.29. The Morgan fingerprint density at radius 3 is 2.84 bits per heavy atom. The van der Waals surface area contributed by atoms with Gasteiger partial charge in [0.2, 0.25) is 11.9 Å². The van der Waals surface area contributed by atoms with Crippen LogP contribution in [-0.4, -0.2) is 52.8 Å². The van der Waals surface area contributed by atoms with Gasteiger partial charge in [0.05, 0.1) is 0 Å². The molecular formula is C13H23N5O. The summed E-state index contributed by atoms with van der Waals surface area (Å²) >= 11 is 0. The second-order valence-electron chi connectivity index (χ2n) is 4.89. The average molecular weight is 265 g/mol. The van der Waals surface area contributed by atoms with Gasteiger partial charge in [-0.3, -0.25) is 0 Å². The van der Waals surface area contributed by atoms with Crippen molar-refractivity contribution in [1.82, 2.24) is 15.0 Å². The number of nitrogens with zero attached hydrogens (tertiary/aromatic N) is 5. The van der Waals surface area contributed by atoms with Crippen molar-refractivity contribution >= 4 is 11.9 Å². The van der Waals surface area contributed by atoms with Crippen LogP contribution in [0.1, 0.15) is 26.7 Å². The lowest BCUT2D eigenvalue weighted by molar-refractivity contribution is 0.208. The molecule has 0 aliphatic carbocycles. The summed E-state index contributed by atoms with van der Waals surface area (Å²) in [5.41, 5.74) is 0. The fourth-order valence-corrected chi connectivity index (χ4v) is 2.49. The van der Waals surface area contributed by atoms with Gasteiger partial charge in [0.1, 0.15) is 6.33 Å². The van der Waals surface area contributed by atoms with E-state index in [-0.39, 0.29) is 6.61 Å². The van der Waals surface area contributed by atoms with Gasteiger partial charge in [-0.1, -0.05) is 0 Å². The van der Waals surface area contributed by atoms with E-state index in [2.05, 4.69) is 38.6 Å². The third-order valence-corrected chi connectivity index (χ3v) is 3.65. The van der Waals surface area contributed by atoms with E-state index in [9.17, 15) is 5.11 Å². The zero-order valence-electron chi connectivity index (χ0n) is 11.8. The molecule has 1 unspecified atom stereocenters. The maximum absolute atomic E-state index is 9.29. The zero-order valence-corrected chi connectivity index (χ0v) is 11.8. The van der Waals surface area contributed by atoms with Crippen molar-refractivity contribution < 1.29 is 5.11 Å². The first kappa shape index (κ1) is 14.0. The molecule has 1 saturated heterocycles. The predicted octanol–water partition coefficient (Wildman–Crippen LogP) is 0.926. The van der Waals surface area contributed by atoms with Gasteiger partial charge < -0.3 is 14.9 Å². The van der Waals surface area contributed by atoms with E-state index in [0.717, 1.165) is 50.9 Å². The minimum Gasteiger partial charge on any atom is -0.396 e. The molecular weight excluding hydrogens is 242 g/mol. The molecule has 1 fully saturated rings. The van der Waals surface area contributed by atoms with Gasteiger partial charge in [-0.25, -0.2) is 9.97 Å². The van der Waals surface area contributed by atoms with Crippen LogP contribution in [0, 0.1) is 5.92 Å². The normalized spacial score (nSPS) is 19.5.